The fourth-order valence-corrected chi connectivity index (χ4v) is 1.11. The average molecular weight is 210 g/mol. The van der Waals surface area contributed by atoms with Crippen LogP contribution in [0.2, 0.25) is 5.02 Å². The maximum absolute atomic E-state index is 8.56. The van der Waals surface area contributed by atoms with Gasteiger partial charge in [0.2, 0.25) is 0 Å². The summed E-state index contributed by atoms with van der Waals surface area (Å²) < 4.78 is 0. The molecule has 13 heavy (non-hydrogen) atoms. The lowest BCUT2D eigenvalue weighted by molar-refractivity contribution is 1.48. The van der Waals surface area contributed by atoms with Crippen LogP contribution < -0.4 is 0 Å². The van der Waals surface area contributed by atoms with Crippen LogP contribution in [0.5, 0.6) is 0 Å². The summed E-state index contributed by atoms with van der Waals surface area (Å²) in [4.78, 5) is 0. The molecule has 0 unspecified atom stereocenters. The SMILES string of the molecule is N#Cc1ccc(C#CCCl)c(Cl)c1. The number of hydrogen-bond acceptors (Lipinski definition) is 1. The van der Waals surface area contributed by atoms with Gasteiger partial charge in [0.1, 0.15) is 0 Å². The van der Waals surface area contributed by atoms with Crippen LogP contribution in [0.3, 0.4) is 0 Å². The Hall–Kier alpha value is -1.15. The van der Waals surface area contributed by atoms with E-state index in [-0.39, 0.29) is 5.88 Å². The predicted octanol–water partition coefficient (Wildman–Crippen LogP) is 2.80. The second kappa shape index (κ2) is 4.77. The van der Waals surface area contributed by atoms with Crippen molar-refractivity contribution in [3.8, 4) is 17.9 Å². The fourth-order valence-electron chi connectivity index (χ4n) is 0.815. The van der Waals surface area contributed by atoms with Crippen molar-refractivity contribution in [2.75, 3.05) is 5.88 Å². The van der Waals surface area contributed by atoms with Gasteiger partial charge in [0.15, 0.2) is 0 Å². The minimum atomic E-state index is 0.274. The molecule has 1 rings (SSSR count). The van der Waals surface area contributed by atoms with Crippen molar-refractivity contribution in [3.63, 3.8) is 0 Å². The molecule has 0 amide bonds. The predicted molar refractivity (Wildman–Crippen MR) is 53.8 cm³/mol. The molecule has 0 aliphatic heterocycles. The highest BCUT2D eigenvalue weighted by Gasteiger charge is 1.97. The molecule has 1 aromatic carbocycles. The Labute approximate surface area is 86.9 Å². The third-order valence-electron chi connectivity index (χ3n) is 1.39. The topological polar surface area (TPSA) is 23.8 Å². The van der Waals surface area contributed by atoms with Crippen LogP contribution in [0.15, 0.2) is 18.2 Å². The van der Waals surface area contributed by atoms with Crippen molar-refractivity contribution in [1.82, 2.24) is 0 Å². The van der Waals surface area contributed by atoms with Gasteiger partial charge in [-0.1, -0.05) is 23.4 Å². The molecule has 0 spiro atoms. The van der Waals surface area contributed by atoms with Crippen molar-refractivity contribution in [2.45, 2.75) is 0 Å². The molecule has 0 saturated carbocycles. The van der Waals surface area contributed by atoms with E-state index in [1.54, 1.807) is 18.2 Å². The Kier molecular flexibility index (Phi) is 3.65. The van der Waals surface area contributed by atoms with Gasteiger partial charge >= 0.3 is 0 Å². The van der Waals surface area contributed by atoms with Crippen LogP contribution in [0.4, 0.5) is 0 Å². The molecule has 3 heteroatoms. The molecule has 0 radical (unpaired) electrons. The van der Waals surface area contributed by atoms with E-state index in [1.807, 2.05) is 6.07 Å². The van der Waals surface area contributed by atoms with Crippen LogP contribution in [0.1, 0.15) is 11.1 Å². The van der Waals surface area contributed by atoms with Crippen LogP contribution in [-0.4, -0.2) is 5.88 Å². The fraction of sp³-hybridized carbons (Fsp3) is 0.100. The lowest BCUT2D eigenvalue weighted by Crippen LogP contribution is -1.80. The first-order valence-corrected chi connectivity index (χ1v) is 4.43. The van der Waals surface area contributed by atoms with Crippen molar-refractivity contribution in [1.29, 1.82) is 5.26 Å². The molecule has 0 aliphatic rings. The van der Waals surface area contributed by atoms with Gasteiger partial charge in [0.05, 0.1) is 22.5 Å². The molecule has 0 fully saturated rings. The molecule has 0 aliphatic carbocycles. The lowest BCUT2D eigenvalue weighted by Gasteiger charge is -1.94. The molecule has 1 nitrogen and oxygen atoms in total. The summed E-state index contributed by atoms with van der Waals surface area (Å²) in [5.41, 5.74) is 1.22. The maximum Gasteiger partial charge on any atom is 0.0992 e. The zero-order chi connectivity index (χ0) is 9.68. The Morgan fingerprint density at radius 1 is 1.38 bits per heavy atom. The molecule has 0 heterocycles. The molecule has 0 atom stereocenters. The highest BCUT2D eigenvalue weighted by molar-refractivity contribution is 6.31. The molecular formula is C10H5Cl2N. The van der Waals surface area contributed by atoms with Crippen molar-refractivity contribution < 1.29 is 0 Å². The van der Waals surface area contributed by atoms with Gasteiger partial charge in [-0.25, -0.2) is 0 Å². The number of alkyl halides is 1. The van der Waals surface area contributed by atoms with E-state index < -0.39 is 0 Å². The first kappa shape index (κ1) is 9.93. The van der Waals surface area contributed by atoms with Gasteiger partial charge in [0.25, 0.3) is 0 Å². The molecular weight excluding hydrogens is 205 g/mol. The van der Waals surface area contributed by atoms with Crippen molar-refractivity contribution >= 4 is 23.2 Å². The lowest BCUT2D eigenvalue weighted by atomic mass is 10.1. The molecule has 0 aromatic heterocycles. The Balaban J connectivity index is 3.07. The Bertz CT molecular complexity index is 407. The van der Waals surface area contributed by atoms with E-state index in [1.165, 1.54) is 0 Å². The maximum atomic E-state index is 8.56. The smallest absolute Gasteiger partial charge is 0.0992 e. The molecule has 0 bridgehead atoms. The monoisotopic (exact) mass is 209 g/mol. The molecule has 0 saturated heterocycles. The summed E-state index contributed by atoms with van der Waals surface area (Å²) >= 11 is 11.2. The standard InChI is InChI=1S/C10H5Cl2N/c11-5-1-2-9-4-3-8(7-13)6-10(9)12/h3-4,6H,5H2. The summed E-state index contributed by atoms with van der Waals surface area (Å²) in [7, 11) is 0. The number of nitriles is 1. The van der Waals surface area contributed by atoms with E-state index in [9.17, 15) is 0 Å². The van der Waals surface area contributed by atoms with Crippen LogP contribution in [0.25, 0.3) is 0 Å². The van der Waals surface area contributed by atoms with Crippen LogP contribution in [-0.2, 0) is 0 Å². The summed E-state index contributed by atoms with van der Waals surface area (Å²) in [6.07, 6.45) is 0. The highest BCUT2D eigenvalue weighted by atomic mass is 35.5. The first-order chi connectivity index (χ1) is 6.27. The van der Waals surface area contributed by atoms with E-state index in [2.05, 4.69) is 11.8 Å². The van der Waals surface area contributed by atoms with Gasteiger partial charge in [-0.15, -0.1) is 11.6 Å². The van der Waals surface area contributed by atoms with Crippen molar-refractivity contribution in [3.05, 3.63) is 34.3 Å². The van der Waals surface area contributed by atoms with Gasteiger partial charge in [-0.05, 0) is 18.2 Å². The molecule has 0 N–H and O–H groups in total. The minimum Gasteiger partial charge on any atom is -0.192 e. The normalized spacial score (nSPS) is 8.38. The molecule has 64 valence electrons. The summed E-state index contributed by atoms with van der Waals surface area (Å²) in [5, 5.41) is 9.05. The first-order valence-electron chi connectivity index (χ1n) is 3.52. The quantitative estimate of drug-likeness (QED) is 0.477. The Morgan fingerprint density at radius 3 is 2.69 bits per heavy atom. The Morgan fingerprint density at radius 2 is 2.15 bits per heavy atom. The molecule has 1 aromatic rings. The largest absolute Gasteiger partial charge is 0.192 e. The van der Waals surface area contributed by atoms with Crippen LogP contribution >= 0.6 is 23.2 Å². The third-order valence-corrected chi connectivity index (χ3v) is 1.83. The van der Waals surface area contributed by atoms with E-state index >= 15 is 0 Å². The average Bonchev–Trinajstić information content (AvgIpc) is 2.16. The zero-order valence-corrected chi connectivity index (χ0v) is 8.15. The second-order valence-corrected chi connectivity index (χ2v) is 2.92. The van der Waals surface area contributed by atoms with Gasteiger partial charge in [-0.2, -0.15) is 5.26 Å². The highest BCUT2D eigenvalue weighted by Crippen LogP contribution is 2.16. The summed E-state index contributed by atoms with van der Waals surface area (Å²) in [6.45, 7) is 0. The van der Waals surface area contributed by atoms with Gasteiger partial charge in [0, 0.05) is 5.56 Å². The van der Waals surface area contributed by atoms with Crippen LogP contribution in [0, 0.1) is 23.2 Å². The summed E-state index contributed by atoms with van der Waals surface area (Å²) in [6, 6.07) is 6.96. The summed E-state index contributed by atoms with van der Waals surface area (Å²) in [5.74, 6) is 5.76. The zero-order valence-electron chi connectivity index (χ0n) is 6.64. The second-order valence-electron chi connectivity index (χ2n) is 2.24. The van der Waals surface area contributed by atoms with Gasteiger partial charge < -0.3 is 0 Å². The van der Waals surface area contributed by atoms with E-state index in [0.29, 0.717) is 16.1 Å². The number of halogens is 2. The number of hydrogen-bond donors (Lipinski definition) is 0. The van der Waals surface area contributed by atoms with E-state index in [0.717, 1.165) is 0 Å². The number of nitrogens with zero attached hydrogens (tertiary/aromatic N) is 1. The van der Waals surface area contributed by atoms with Crippen molar-refractivity contribution in [2.24, 2.45) is 0 Å². The minimum absolute atomic E-state index is 0.274. The van der Waals surface area contributed by atoms with Gasteiger partial charge in [-0.3, -0.25) is 0 Å². The number of rotatable bonds is 0. The number of benzene rings is 1. The van der Waals surface area contributed by atoms with E-state index in [4.69, 9.17) is 28.5 Å². The third kappa shape index (κ3) is 2.67.